The van der Waals surface area contributed by atoms with E-state index in [4.69, 9.17) is 0 Å². The Morgan fingerprint density at radius 3 is 2.80 bits per heavy atom. The minimum absolute atomic E-state index is 0.198. The van der Waals surface area contributed by atoms with Crippen molar-refractivity contribution in [1.82, 2.24) is 15.3 Å². The Balaban J connectivity index is 1.94. The van der Waals surface area contributed by atoms with Crippen LogP contribution in [0.15, 0.2) is 23.8 Å². The smallest absolute Gasteiger partial charge is 0.271 e. The van der Waals surface area contributed by atoms with Gasteiger partial charge in [-0.3, -0.25) is 4.79 Å². The first kappa shape index (κ1) is 14.5. The van der Waals surface area contributed by atoms with Crippen molar-refractivity contribution in [2.75, 3.05) is 11.9 Å². The van der Waals surface area contributed by atoms with Crippen molar-refractivity contribution in [1.29, 1.82) is 0 Å². The second-order valence-corrected chi connectivity index (χ2v) is 5.22. The van der Waals surface area contributed by atoms with E-state index in [2.05, 4.69) is 33.6 Å². The quantitative estimate of drug-likeness (QED) is 0.857. The van der Waals surface area contributed by atoms with Crippen molar-refractivity contribution in [3.63, 3.8) is 0 Å². The molecular formula is C14H18N4OS. The zero-order valence-electron chi connectivity index (χ0n) is 11.6. The largest absolute Gasteiger partial charge is 0.369 e. The van der Waals surface area contributed by atoms with Crippen LogP contribution in [0.5, 0.6) is 0 Å². The molecule has 2 N–H and O–H groups in total. The lowest BCUT2D eigenvalue weighted by molar-refractivity contribution is 0.0946. The normalized spacial score (nSPS) is 10.3. The molecule has 0 aliphatic rings. The van der Waals surface area contributed by atoms with E-state index in [1.165, 1.54) is 16.6 Å². The highest BCUT2D eigenvalue weighted by Gasteiger charge is 2.09. The molecule has 0 saturated heterocycles. The molecule has 2 heterocycles. The molecule has 5 nitrogen and oxygen atoms in total. The fourth-order valence-electron chi connectivity index (χ4n) is 1.81. The summed E-state index contributed by atoms with van der Waals surface area (Å²) >= 11 is 1.66. The number of carbonyl (C=O) groups excluding carboxylic acids is 1. The van der Waals surface area contributed by atoms with Crippen LogP contribution in [0.25, 0.3) is 0 Å². The molecule has 0 saturated carbocycles. The molecule has 2 aromatic rings. The van der Waals surface area contributed by atoms with Gasteiger partial charge in [-0.25, -0.2) is 9.97 Å². The SMILES string of the molecule is CCNc1cnc(C(=O)NCc2sccc2CC)cn1. The van der Waals surface area contributed by atoms with Gasteiger partial charge in [-0.2, -0.15) is 0 Å². The number of carbonyl (C=O) groups is 1. The third kappa shape index (κ3) is 3.54. The molecule has 0 unspecified atom stereocenters. The van der Waals surface area contributed by atoms with E-state index in [0.29, 0.717) is 18.1 Å². The summed E-state index contributed by atoms with van der Waals surface area (Å²) < 4.78 is 0. The van der Waals surface area contributed by atoms with Crippen LogP contribution < -0.4 is 10.6 Å². The van der Waals surface area contributed by atoms with Gasteiger partial charge in [-0.05, 0) is 30.4 Å². The van der Waals surface area contributed by atoms with Crippen molar-refractivity contribution >= 4 is 23.1 Å². The highest BCUT2D eigenvalue weighted by molar-refractivity contribution is 7.10. The van der Waals surface area contributed by atoms with E-state index < -0.39 is 0 Å². The van der Waals surface area contributed by atoms with Crippen LogP contribution in [0.2, 0.25) is 0 Å². The predicted molar refractivity (Wildman–Crippen MR) is 81.1 cm³/mol. The van der Waals surface area contributed by atoms with Crippen LogP contribution in [0.1, 0.15) is 34.8 Å². The number of nitrogens with zero attached hydrogens (tertiary/aromatic N) is 2. The second-order valence-electron chi connectivity index (χ2n) is 4.22. The summed E-state index contributed by atoms with van der Waals surface area (Å²) in [5.74, 6) is 0.478. The molecule has 0 aromatic carbocycles. The summed E-state index contributed by atoms with van der Waals surface area (Å²) in [6.07, 6.45) is 4.04. The molecule has 6 heteroatoms. The zero-order chi connectivity index (χ0) is 14.4. The van der Waals surface area contributed by atoms with E-state index in [0.717, 1.165) is 13.0 Å². The molecule has 20 heavy (non-hydrogen) atoms. The number of hydrogen-bond donors (Lipinski definition) is 2. The third-order valence-corrected chi connectivity index (χ3v) is 3.83. The number of aryl methyl sites for hydroxylation is 1. The molecule has 0 aliphatic carbocycles. The van der Waals surface area contributed by atoms with Gasteiger partial charge in [0.05, 0.1) is 18.9 Å². The van der Waals surface area contributed by atoms with Gasteiger partial charge in [0.25, 0.3) is 5.91 Å². The molecule has 2 rings (SSSR count). The first-order valence-electron chi connectivity index (χ1n) is 6.64. The number of nitrogens with one attached hydrogen (secondary N) is 2. The van der Waals surface area contributed by atoms with Crippen LogP contribution in [0.3, 0.4) is 0 Å². The predicted octanol–water partition coefficient (Wildman–Crippen LogP) is 2.46. The van der Waals surface area contributed by atoms with Gasteiger partial charge in [-0.1, -0.05) is 6.92 Å². The van der Waals surface area contributed by atoms with Crippen LogP contribution in [-0.2, 0) is 13.0 Å². The van der Waals surface area contributed by atoms with E-state index in [9.17, 15) is 4.79 Å². The summed E-state index contributed by atoms with van der Waals surface area (Å²) in [6.45, 7) is 5.40. The number of thiophene rings is 1. The van der Waals surface area contributed by atoms with Gasteiger partial charge in [-0.15, -0.1) is 11.3 Å². The molecule has 0 fully saturated rings. The molecule has 1 amide bonds. The van der Waals surface area contributed by atoms with Crippen LogP contribution in [-0.4, -0.2) is 22.4 Å². The Morgan fingerprint density at radius 1 is 1.30 bits per heavy atom. The van der Waals surface area contributed by atoms with Gasteiger partial charge in [0, 0.05) is 11.4 Å². The van der Waals surface area contributed by atoms with Crippen molar-refractivity contribution in [2.24, 2.45) is 0 Å². The standard InChI is InChI=1S/C14H18N4OS/c1-3-10-5-6-20-12(10)8-18-14(19)11-7-17-13(9-16-11)15-4-2/h5-7,9H,3-4,8H2,1-2H3,(H,15,17)(H,18,19). The Hall–Kier alpha value is -1.95. The summed E-state index contributed by atoms with van der Waals surface area (Å²) in [6, 6.07) is 2.09. The lowest BCUT2D eigenvalue weighted by Crippen LogP contribution is -2.24. The van der Waals surface area contributed by atoms with Gasteiger partial charge in [0.15, 0.2) is 0 Å². The molecule has 0 bridgehead atoms. The highest BCUT2D eigenvalue weighted by atomic mass is 32.1. The maximum absolute atomic E-state index is 12.0. The van der Waals surface area contributed by atoms with Crippen LogP contribution in [0.4, 0.5) is 5.82 Å². The topological polar surface area (TPSA) is 66.9 Å². The zero-order valence-corrected chi connectivity index (χ0v) is 12.5. The van der Waals surface area contributed by atoms with Crippen molar-refractivity contribution in [3.05, 3.63) is 40.0 Å². The molecular weight excluding hydrogens is 272 g/mol. The fraction of sp³-hybridized carbons (Fsp3) is 0.357. The number of aromatic nitrogens is 2. The number of rotatable bonds is 6. The van der Waals surface area contributed by atoms with E-state index in [1.54, 1.807) is 17.5 Å². The average molecular weight is 290 g/mol. The highest BCUT2D eigenvalue weighted by Crippen LogP contribution is 2.17. The summed E-state index contributed by atoms with van der Waals surface area (Å²) in [5.41, 5.74) is 1.62. The lowest BCUT2D eigenvalue weighted by Gasteiger charge is -2.06. The van der Waals surface area contributed by atoms with E-state index in [-0.39, 0.29) is 5.91 Å². The Bertz CT molecular complexity index is 565. The molecule has 0 radical (unpaired) electrons. The Kier molecular flexibility index (Phi) is 5.06. The van der Waals surface area contributed by atoms with Crippen LogP contribution in [0, 0.1) is 0 Å². The minimum atomic E-state index is -0.198. The fourth-order valence-corrected chi connectivity index (χ4v) is 2.72. The maximum Gasteiger partial charge on any atom is 0.271 e. The Labute approximate surface area is 122 Å². The molecule has 0 spiro atoms. The van der Waals surface area contributed by atoms with Gasteiger partial charge in [0.2, 0.25) is 0 Å². The van der Waals surface area contributed by atoms with Gasteiger partial charge < -0.3 is 10.6 Å². The minimum Gasteiger partial charge on any atom is -0.369 e. The van der Waals surface area contributed by atoms with E-state index >= 15 is 0 Å². The first-order chi connectivity index (χ1) is 9.74. The van der Waals surface area contributed by atoms with E-state index in [1.807, 2.05) is 12.3 Å². The maximum atomic E-state index is 12.0. The summed E-state index contributed by atoms with van der Waals surface area (Å²) in [5, 5.41) is 7.96. The number of anilines is 1. The van der Waals surface area contributed by atoms with Crippen LogP contribution >= 0.6 is 11.3 Å². The van der Waals surface area contributed by atoms with Gasteiger partial charge >= 0.3 is 0 Å². The first-order valence-corrected chi connectivity index (χ1v) is 7.52. The lowest BCUT2D eigenvalue weighted by atomic mass is 10.2. The van der Waals surface area contributed by atoms with Crippen molar-refractivity contribution in [2.45, 2.75) is 26.8 Å². The van der Waals surface area contributed by atoms with Gasteiger partial charge in [0.1, 0.15) is 11.5 Å². The summed E-state index contributed by atoms with van der Waals surface area (Å²) in [4.78, 5) is 21.4. The second kappa shape index (κ2) is 7.00. The third-order valence-electron chi connectivity index (χ3n) is 2.87. The molecule has 106 valence electrons. The molecule has 0 aliphatic heterocycles. The molecule has 2 aromatic heterocycles. The number of hydrogen-bond acceptors (Lipinski definition) is 5. The summed E-state index contributed by atoms with van der Waals surface area (Å²) in [7, 11) is 0. The van der Waals surface area contributed by atoms with Crippen molar-refractivity contribution < 1.29 is 4.79 Å². The Morgan fingerprint density at radius 2 is 2.15 bits per heavy atom. The average Bonchev–Trinajstić information content (AvgIpc) is 2.93. The number of amides is 1. The molecule has 0 atom stereocenters. The monoisotopic (exact) mass is 290 g/mol. The van der Waals surface area contributed by atoms with Crippen molar-refractivity contribution in [3.8, 4) is 0 Å².